The third-order valence-corrected chi connectivity index (χ3v) is 6.31. The van der Waals surface area contributed by atoms with Crippen LogP contribution in [0.4, 0.5) is 0 Å². The minimum atomic E-state index is -3.62. The van der Waals surface area contributed by atoms with Gasteiger partial charge in [-0.25, -0.2) is 8.42 Å². The predicted molar refractivity (Wildman–Crippen MR) is 86.3 cm³/mol. The summed E-state index contributed by atoms with van der Waals surface area (Å²) >= 11 is 0. The summed E-state index contributed by atoms with van der Waals surface area (Å²) in [6.45, 7) is 5.19. The molecule has 130 valence electrons. The van der Waals surface area contributed by atoms with E-state index < -0.39 is 10.0 Å². The maximum Gasteiger partial charge on any atom is 0.248 e. The van der Waals surface area contributed by atoms with E-state index in [9.17, 15) is 13.2 Å². The molecule has 2 aromatic rings. The quantitative estimate of drug-likeness (QED) is 0.800. The van der Waals surface area contributed by atoms with Gasteiger partial charge in [0, 0.05) is 32.4 Å². The van der Waals surface area contributed by atoms with E-state index in [-0.39, 0.29) is 17.2 Å². The first-order valence-corrected chi connectivity index (χ1v) is 9.15. The lowest BCUT2D eigenvalue weighted by atomic mass is 10.2. The molecule has 9 heteroatoms. The van der Waals surface area contributed by atoms with E-state index in [1.807, 2.05) is 4.90 Å². The van der Waals surface area contributed by atoms with Gasteiger partial charge in [-0.3, -0.25) is 9.69 Å². The van der Waals surface area contributed by atoms with Gasteiger partial charge in [-0.1, -0.05) is 5.16 Å². The smallest absolute Gasteiger partial charge is 0.248 e. The maximum atomic E-state index is 12.7. The van der Waals surface area contributed by atoms with Crippen molar-refractivity contribution in [1.29, 1.82) is 0 Å². The maximum absolute atomic E-state index is 12.7. The molecule has 8 nitrogen and oxygen atoms in total. The summed E-state index contributed by atoms with van der Waals surface area (Å²) in [5.74, 6) is 0.305. The van der Waals surface area contributed by atoms with Crippen LogP contribution in [0.25, 0.3) is 0 Å². The number of nitrogens with zero attached hydrogens (tertiary/aromatic N) is 3. The molecule has 0 amide bonds. The van der Waals surface area contributed by atoms with Gasteiger partial charge in [0.15, 0.2) is 11.5 Å². The number of aromatic amines is 1. The number of aromatic nitrogens is 2. The van der Waals surface area contributed by atoms with Crippen LogP contribution in [0.2, 0.25) is 0 Å². The van der Waals surface area contributed by atoms with Crippen molar-refractivity contribution in [3.63, 3.8) is 0 Å². The number of piperazine rings is 1. The van der Waals surface area contributed by atoms with Crippen LogP contribution in [0, 0.1) is 13.8 Å². The average molecular weight is 352 g/mol. The number of H-pyrrole nitrogens is 1. The van der Waals surface area contributed by atoms with Gasteiger partial charge < -0.3 is 9.51 Å². The molecule has 0 unspecified atom stereocenters. The van der Waals surface area contributed by atoms with Crippen molar-refractivity contribution in [2.24, 2.45) is 0 Å². The van der Waals surface area contributed by atoms with Crippen LogP contribution in [0.3, 0.4) is 0 Å². The number of nitrogens with one attached hydrogen (secondary N) is 1. The highest BCUT2D eigenvalue weighted by Gasteiger charge is 2.33. The Kier molecular flexibility index (Phi) is 4.57. The van der Waals surface area contributed by atoms with Crippen molar-refractivity contribution in [3.8, 4) is 0 Å². The van der Waals surface area contributed by atoms with Crippen LogP contribution in [0.5, 0.6) is 0 Å². The Labute approximate surface area is 140 Å². The van der Waals surface area contributed by atoms with Crippen molar-refractivity contribution in [2.45, 2.75) is 18.7 Å². The summed E-state index contributed by atoms with van der Waals surface area (Å²) in [5.41, 5.74) is 0.942. The minimum Gasteiger partial charge on any atom is -0.360 e. The Morgan fingerprint density at radius 2 is 2.00 bits per heavy atom. The van der Waals surface area contributed by atoms with E-state index in [2.05, 4.69) is 10.1 Å². The summed E-state index contributed by atoms with van der Waals surface area (Å²) in [4.78, 5) is 17.1. The largest absolute Gasteiger partial charge is 0.360 e. The van der Waals surface area contributed by atoms with Gasteiger partial charge in [0.05, 0.1) is 12.2 Å². The molecule has 0 bridgehead atoms. The van der Waals surface area contributed by atoms with E-state index in [0.717, 1.165) is 0 Å². The molecular formula is C15H20N4O4S. The lowest BCUT2D eigenvalue weighted by Crippen LogP contribution is -2.49. The van der Waals surface area contributed by atoms with Gasteiger partial charge >= 0.3 is 0 Å². The van der Waals surface area contributed by atoms with Gasteiger partial charge in [-0.2, -0.15) is 4.31 Å². The third-order valence-electron chi connectivity index (χ3n) is 4.16. The number of hydrogen-bond donors (Lipinski definition) is 1. The Bertz CT molecular complexity index is 798. The van der Waals surface area contributed by atoms with Gasteiger partial charge in [-0.05, 0) is 26.0 Å². The second kappa shape index (κ2) is 6.50. The fraction of sp³-hybridized carbons (Fsp3) is 0.467. The Balaban J connectivity index is 1.64. The van der Waals surface area contributed by atoms with Crippen molar-refractivity contribution in [3.05, 3.63) is 35.5 Å². The van der Waals surface area contributed by atoms with Crippen molar-refractivity contribution >= 4 is 15.8 Å². The zero-order valence-corrected chi connectivity index (χ0v) is 14.5. The highest BCUT2D eigenvalue weighted by atomic mass is 32.2. The van der Waals surface area contributed by atoms with E-state index >= 15 is 0 Å². The molecule has 1 saturated heterocycles. The van der Waals surface area contributed by atoms with Crippen LogP contribution in [-0.4, -0.2) is 66.3 Å². The molecule has 0 spiro atoms. The Morgan fingerprint density at radius 3 is 2.54 bits per heavy atom. The number of rotatable bonds is 5. The molecule has 1 aliphatic rings. The van der Waals surface area contributed by atoms with Crippen LogP contribution >= 0.6 is 0 Å². The summed E-state index contributed by atoms with van der Waals surface area (Å²) in [6.07, 6.45) is 1.71. The number of aryl methyl sites for hydroxylation is 2. The molecule has 1 fully saturated rings. The summed E-state index contributed by atoms with van der Waals surface area (Å²) in [5, 5.41) is 3.72. The Hall–Kier alpha value is -1.97. The van der Waals surface area contributed by atoms with Crippen LogP contribution in [0.15, 0.2) is 27.7 Å². The molecule has 3 rings (SSSR count). The molecule has 3 heterocycles. The summed E-state index contributed by atoms with van der Waals surface area (Å²) in [7, 11) is -3.62. The molecule has 0 aliphatic carbocycles. The number of sulfonamides is 1. The molecule has 1 aliphatic heterocycles. The molecule has 0 radical (unpaired) electrons. The standard InChI is InChI=1S/C15H20N4O4S/c1-11-15(12(2)23-17-11)24(21,22)19-8-6-18(7-9-19)10-14(20)13-4-3-5-16-13/h3-5,16H,6-10H2,1-2H3. The molecule has 1 N–H and O–H groups in total. The second-order valence-electron chi connectivity index (χ2n) is 5.84. The summed E-state index contributed by atoms with van der Waals surface area (Å²) in [6, 6.07) is 3.52. The SMILES string of the molecule is Cc1noc(C)c1S(=O)(=O)N1CCN(CC(=O)c2ccc[nH]2)CC1. The molecular weight excluding hydrogens is 332 g/mol. The number of carbonyl (C=O) groups is 1. The lowest BCUT2D eigenvalue weighted by Gasteiger charge is -2.33. The molecule has 0 atom stereocenters. The zero-order valence-electron chi connectivity index (χ0n) is 13.7. The fourth-order valence-electron chi connectivity index (χ4n) is 2.89. The third kappa shape index (κ3) is 3.14. The second-order valence-corrected chi connectivity index (χ2v) is 7.72. The van der Waals surface area contributed by atoms with E-state index in [1.165, 1.54) is 4.31 Å². The fourth-order valence-corrected chi connectivity index (χ4v) is 4.61. The topological polar surface area (TPSA) is 99.5 Å². The first-order chi connectivity index (χ1) is 11.4. The molecule has 2 aromatic heterocycles. The first kappa shape index (κ1) is 16.9. The summed E-state index contributed by atoms with van der Waals surface area (Å²) < 4.78 is 31.9. The van der Waals surface area contributed by atoms with E-state index in [0.29, 0.717) is 43.3 Å². The van der Waals surface area contributed by atoms with Gasteiger partial charge in [0.1, 0.15) is 10.6 Å². The molecule has 0 aromatic carbocycles. The highest BCUT2D eigenvalue weighted by Crippen LogP contribution is 2.24. The minimum absolute atomic E-state index is 0.00188. The highest BCUT2D eigenvalue weighted by molar-refractivity contribution is 7.89. The number of carbonyl (C=O) groups excluding carboxylic acids is 1. The number of ketones is 1. The van der Waals surface area contributed by atoms with Gasteiger partial charge in [-0.15, -0.1) is 0 Å². The molecule has 24 heavy (non-hydrogen) atoms. The lowest BCUT2D eigenvalue weighted by molar-refractivity contribution is 0.0897. The van der Waals surface area contributed by atoms with Crippen molar-refractivity contribution in [1.82, 2.24) is 19.3 Å². The predicted octanol–water partition coefficient (Wildman–Crippen LogP) is 0.809. The van der Waals surface area contributed by atoms with Crippen LogP contribution in [-0.2, 0) is 10.0 Å². The Morgan fingerprint density at radius 1 is 1.29 bits per heavy atom. The number of hydrogen-bond acceptors (Lipinski definition) is 6. The monoisotopic (exact) mass is 352 g/mol. The average Bonchev–Trinajstić information content (AvgIpc) is 3.18. The first-order valence-electron chi connectivity index (χ1n) is 7.71. The number of Topliss-reactive ketones (excluding diaryl/α,β-unsaturated/α-hetero) is 1. The zero-order chi connectivity index (χ0) is 17.3. The normalized spacial score (nSPS) is 17.2. The molecule has 0 saturated carbocycles. The van der Waals surface area contributed by atoms with E-state index in [4.69, 9.17) is 4.52 Å². The van der Waals surface area contributed by atoms with E-state index in [1.54, 1.807) is 32.2 Å². The van der Waals surface area contributed by atoms with Crippen LogP contribution in [0.1, 0.15) is 21.9 Å². The van der Waals surface area contributed by atoms with Gasteiger partial charge in [0.2, 0.25) is 10.0 Å². The van der Waals surface area contributed by atoms with Gasteiger partial charge in [0.25, 0.3) is 0 Å². The van der Waals surface area contributed by atoms with Crippen LogP contribution < -0.4 is 0 Å². The van der Waals surface area contributed by atoms with Crippen molar-refractivity contribution < 1.29 is 17.7 Å². The van der Waals surface area contributed by atoms with Crippen molar-refractivity contribution in [2.75, 3.05) is 32.7 Å².